The minimum atomic E-state index is -0.367. The number of rotatable bonds is 3. The van der Waals surface area contributed by atoms with Gasteiger partial charge in [-0.15, -0.1) is 0 Å². The topological polar surface area (TPSA) is 54.9 Å². The third-order valence-electron chi connectivity index (χ3n) is 4.08. The minimum absolute atomic E-state index is 0.0119. The zero-order valence-corrected chi connectivity index (χ0v) is 12.3. The van der Waals surface area contributed by atoms with Gasteiger partial charge in [0.1, 0.15) is 5.15 Å². The van der Waals surface area contributed by atoms with Crippen molar-refractivity contribution in [2.45, 2.75) is 58.4 Å². The van der Waals surface area contributed by atoms with Crippen molar-refractivity contribution in [2.75, 3.05) is 0 Å². The average Bonchev–Trinajstić information content (AvgIpc) is 2.36. The van der Waals surface area contributed by atoms with Gasteiger partial charge in [-0.2, -0.15) is 0 Å². The number of nitrogens with zero attached hydrogens (tertiary/aromatic N) is 1. The lowest BCUT2D eigenvalue weighted by atomic mass is 9.85. The zero-order chi connectivity index (χ0) is 14.0. The summed E-state index contributed by atoms with van der Waals surface area (Å²) in [7, 11) is 0. The molecule has 0 bridgehead atoms. The maximum Gasteiger partial charge on any atom is 0.329 e. The molecule has 2 atom stereocenters. The van der Waals surface area contributed by atoms with Crippen LogP contribution in [0.25, 0.3) is 0 Å². The van der Waals surface area contributed by atoms with Crippen LogP contribution in [-0.2, 0) is 6.42 Å². The van der Waals surface area contributed by atoms with Crippen molar-refractivity contribution in [2.24, 2.45) is 5.92 Å². The summed E-state index contributed by atoms with van der Waals surface area (Å²) in [4.78, 5) is 27.2. The molecule has 1 fully saturated rings. The quantitative estimate of drug-likeness (QED) is 0.868. The Hall–Kier alpha value is -1.03. The summed E-state index contributed by atoms with van der Waals surface area (Å²) in [5.74, 6) is 0.364. The van der Waals surface area contributed by atoms with Gasteiger partial charge < -0.3 is 0 Å². The Kier molecular flexibility index (Phi) is 4.50. The second-order valence-electron chi connectivity index (χ2n) is 5.48. The summed E-state index contributed by atoms with van der Waals surface area (Å²) in [6.45, 7) is 4.11. The van der Waals surface area contributed by atoms with E-state index in [4.69, 9.17) is 11.6 Å². The maximum atomic E-state index is 12.5. The molecule has 1 N–H and O–H groups in total. The number of nitrogens with one attached hydrogen (secondary N) is 1. The van der Waals surface area contributed by atoms with Crippen molar-refractivity contribution in [1.29, 1.82) is 0 Å². The van der Waals surface area contributed by atoms with E-state index in [0.717, 1.165) is 25.7 Å². The van der Waals surface area contributed by atoms with Gasteiger partial charge in [-0.05, 0) is 25.2 Å². The van der Waals surface area contributed by atoms with Crippen LogP contribution in [0, 0.1) is 5.92 Å². The van der Waals surface area contributed by atoms with E-state index in [1.807, 2.05) is 6.92 Å². The van der Waals surface area contributed by atoms with Crippen molar-refractivity contribution >= 4 is 11.6 Å². The standard InChI is InChI=1S/C14H21ClN2O2/c1-3-6-10-12(15)16-14(19)17(13(10)18)11-8-5-4-7-9(11)2/h9,11H,3-8H2,1-2H3,(H,16,19). The SMILES string of the molecule is CCCc1c(Cl)[nH]c(=O)n(C2CCCCC2C)c1=O. The van der Waals surface area contributed by atoms with Crippen LogP contribution in [0.4, 0.5) is 0 Å². The van der Waals surface area contributed by atoms with Crippen molar-refractivity contribution in [3.05, 3.63) is 31.6 Å². The predicted octanol–water partition coefficient (Wildman–Crippen LogP) is 2.89. The Morgan fingerprint density at radius 3 is 2.63 bits per heavy atom. The highest BCUT2D eigenvalue weighted by molar-refractivity contribution is 6.30. The number of aromatic amines is 1. The normalized spacial score (nSPS) is 23.5. The van der Waals surface area contributed by atoms with Crippen molar-refractivity contribution in [3.8, 4) is 0 Å². The Morgan fingerprint density at radius 1 is 1.32 bits per heavy atom. The molecule has 2 unspecified atom stereocenters. The molecule has 0 saturated heterocycles. The van der Waals surface area contributed by atoms with Crippen LogP contribution in [0.3, 0.4) is 0 Å². The van der Waals surface area contributed by atoms with Gasteiger partial charge in [0.25, 0.3) is 5.56 Å². The lowest BCUT2D eigenvalue weighted by Crippen LogP contribution is -2.42. The van der Waals surface area contributed by atoms with Gasteiger partial charge in [-0.1, -0.05) is 44.7 Å². The molecular weight excluding hydrogens is 264 g/mol. The summed E-state index contributed by atoms with van der Waals surface area (Å²) < 4.78 is 1.40. The fourth-order valence-corrected chi connectivity index (χ4v) is 3.27. The van der Waals surface area contributed by atoms with Gasteiger partial charge in [0.05, 0.1) is 5.56 Å². The Balaban J connectivity index is 2.53. The summed E-state index contributed by atoms with van der Waals surface area (Å²) in [5, 5.41) is 0.205. The summed E-state index contributed by atoms with van der Waals surface area (Å²) in [5.41, 5.74) is -0.0236. The van der Waals surface area contributed by atoms with E-state index in [0.29, 0.717) is 17.9 Å². The van der Waals surface area contributed by atoms with Crippen LogP contribution in [0.1, 0.15) is 57.6 Å². The third kappa shape index (κ3) is 2.78. The van der Waals surface area contributed by atoms with Crippen LogP contribution in [0.15, 0.2) is 9.59 Å². The first-order chi connectivity index (χ1) is 9.06. The Labute approximate surface area is 117 Å². The highest BCUT2D eigenvalue weighted by Crippen LogP contribution is 2.31. The van der Waals surface area contributed by atoms with Gasteiger partial charge in [-0.3, -0.25) is 14.3 Å². The van der Waals surface area contributed by atoms with Gasteiger partial charge >= 0.3 is 5.69 Å². The monoisotopic (exact) mass is 284 g/mol. The van der Waals surface area contributed by atoms with Crippen LogP contribution < -0.4 is 11.2 Å². The van der Waals surface area contributed by atoms with Gasteiger partial charge in [0.15, 0.2) is 0 Å². The molecule has 0 aromatic carbocycles. The second-order valence-corrected chi connectivity index (χ2v) is 5.85. The van der Waals surface area contributed by atoms with Crippen LogP contribution in [-0.4, -0.2) is 9.55 Å². The molecule has 0 spiro atoms. The first kappa shape index (κ1) is 14.4. The molecule has 1 aliphatic rings. The fraction of sp³-hybridized carbons (Fsp3) is 0.714. The number of halogens is 1. The first-order valence-corrected chi connectivity index (χ1v) is 7.47. The average molecular weight is 285 g/mol. The number of hydrogen-bond acceptors (Lipinski definition) is 2. The molecule has 0 aliphatic heterocycles. The molecule has 1 aromatic rings. The Morgan fingerprint density at radius 2 is 2.00 bits per heavy atom. The lowest BCUT2D eigenvalue weighted by molar-refractivity contribution is 0.245. The Bertz CT molecular complexity index is 562. The molecule has 4 nitrogen and oxygen atoms in total. The molecule has 0 amide bonds. The van der Waals surface area contributed by atoms with Crippen molar-refractivity contribution in [3.63, 3.8) is 0 Å². The second kappa shape index (κ2) is 5.95. The van der Waals surface area contributed by atoms with E-state index in [1.54, 1.807) is 0 Å². The van der Waals surface area contributed by atoms with E-state index < -0.39 is 0 Å². The number of H-pyrrole nitrogens is 1. The fourth-order valence-electron chi connectivity index (χ4n) is 3.01. The molecule has 1 saturated carbocycles. The van der Waals surface area contributed by atoms with Gasteiger partial charge in [0, 0.05) is 6.04 Å². The summed E-state index contributed by atoms with van der Waals surface area (Å²) in [6.07, 6.45) is 5.67. The zero-order valence-electron chi connectivity index (χ0n) is 11.5. The van der Waals surface area contributed by atoms with Crippen LogP contribution in [0.2, 0.25) is 5.15 Å². The van der Waals surface area contributed by atoms with E-state index >= 15 is 0 Å². The van der Waals surface area contributed by atoms with Crippen molar-refractivity contribution in [1.82, 2.24) is 9.55 Å². The van der Waals surface area contributed by atoms with Gasteiger partial charge in [0.2, 0.25) is 0 Å². The highest BCUT2D eigenvalue weighted by Gasteiger charge is 2.26. The summed E-state index contributed by atoms with van der Waals surface area (Å²) >= 11 is 5.99. The molecule has 106 valence electrons. The molecule has 0 radical (unpaired) electrons. The molecule has 5 heteroatoms. The molecule has 1 heterocycles. The highest BCUT2D eigenvalue weighted by atomic mass is 35.5. The minimum Gasteiger partial charge on any atom is -0.297 e. The van der Waals surface area contributed by atoms with Crippen LogP contribution >= 0.6 is 11.6 Å². The maximum absolute atomic E-state index is 12.5. The van der Waals surface area contributed by atoms with E-state index in [9.17, 15) is 9.59 Å². The number of aromatic nitrogens is 2. The molecule has 1 aliphatic carbocycles. The molecule has 1 aromatic heterocycles. The largest absolute Gasteiger partial charge is 0.329 e. The van der Waals surface area contributed by atoms with E-state index in [-0.39, 0.29) is 22.4 Å². The predicted molar refractivity (Wildman–Crippen MR) is 77.0 cm³/mol. The first-order valence-electron chi connectivity index (χ1n) is 7.09. The van der Waals surface area contributed by atoms with Crippen molar-refractivity contribution < 1.29 is 0 Å². The molecular formula is C14H21ClN2O2. The van der Waals surface area contributed by atoms with E-state index in [1.165, 1.54) is 11.0 Å². The smallest absolute Gasteiger partial charge is 0.297 e. The summed E-state index contributed by atoms with van der Waals surface area (Å²) in [6, 6.07) is 0.0119. The number of hydrogen-bond donors (Lipinski definition) is 1. The molecule has 2 rings (SSSR count). The van der Waals surface area contributed by atoms with Crippen LogP contribution in [0.5, 0.6) is 0 Å². The third-order valence-corrected chi connectivity index (χ3v) is 4.40. The van der Waals surface area contributed by atoms with Gasteiger partial charge in [-0.25, -0.2) is 4.79 Å². The van der Waals surface area contributed by atoms with E-state index in [2.05, 4.69) is 11.9 Å². The molecule has 19 heavy (non-hydrogen) atoms. The lowest BCUT2D eigenvalue weighted by Gasteiger charge is -2.29.